The van der Waals surface area contributed by atoms with Gasteiger partial charge in [-0.15, -0.1) is 0 Å². The number of carbonyl (C=O) groups is 1. The monoisotopic (exact) mass is 546 g/mol. The van der Waals surface area contributed by atoms with Gasteiger partial charge in [-0.05, 0) is 72.9 Å². The van der Waals surface area contributed by atoms with Crippen LogP contribution in [0.2, 0.25) is 0 Å². The van der Waals surface area contributed by atoms with Gasteiger partial charge in [-0.3, -0.25) is 4.79 Å². The Hall–Kier alpha value is -2.68. The highest BCUT2D eigenvalue weighted by Crippen LogP contribution is 2.32. The zero-order valence-corrected chi connectivity index (χ0v) is 24.3. The van der Waals surface area contributed by atoms with Crippen LogP contribution in [0.5, 0.6) is 11.5 Å². The van der Waals surface area contributed by atoms with E-state index in [-0.39, 0.29) is 24.2 Å². The number of nitrogens with one attached hydrogen (secondary N) is 1. The number of hydrogen-bond donors (Lipinski definition) is 3. The fourth-order valence-electron chi connectivity index (χ4n) is 4.66. The van der Waals surface area contributed by atoms with Gasteiger partial charge in [0.05, 0.1) is 19.8 Å². The number of anilines is 1. The number of ether oxygens (including phenoxy) is 3. The Morgan fingerprint density at radius 3 is 2.36 bits per heavy atom. The van der Waals surface area contributed by atoms with Crippen molar-refractivity contribution in [2.75, 3.05) is 32.8 Å². The van der Waals surface area contributed by atoms with Crippen molar-refractivity contribution in [1.29, 1.82) is 0 Å². The summed E-state index contributed by atoms with van der Waals surface area (Å²) in [6.45, 7) is 9.33. The van der Waals surface area contributed by atoms with Crippen LogP contribution < -0.4 is 20.5 Å². The summed E-state index contributed by atoms with van der Waals surface area (Å²) in [5, 5.41) is 13.8. The van der Waals surface area contributed by atoms with E-state index in [1.54, 1.807) is 26.4 Å². The van der Waals surface area contributed by atoms with Crippen LogP contribution in [0.1, 0.15) is 52.5 Å². The lowest BCUT2D eigenvalue weighted by Crippen LogP contribution is -2.41. The molecular weight excluding hydrogens is 499 g/mol. The quantitative estimate of drug-likeness (QED) is 0.228. The minimum atomic E-state index is -0.854. The van der Waals surface area contributed by atoms with Crippen molar-refractivity contribution < 1.29 is 28.5 Å². The van der Waals surface area contributed by atoms with Gasteiger partial charge in [0.25, 0.3) is 0 Å². The molecule has 0 aliphatic carbocycles. The van der Waals surface area contributed by atoms with E-state index in [9.17, 15) is 14.3 Å². The molecule has 8 heteroatoms. The van der Waals surface area contributed by atoms with Crippen LogP contribution >= 0.6 is 0 Å². The predicted octanol–water partition coefficient (Wildman–Crippen LogP) is 5.44. The summed E-state index contributed by atoms with van der Waals surface area (Å²) in [7, 11) is 3.29. The van der Waals surface area contributed by atoms with Crippen LogP contribution in [0.15, 0.2) is 42.5 Å². The molecule has 0 heterocycles. The molecule has 218 valence electrons. The van der Waals surface area contributed by atoms with E-state index >= 15 is 0 Å². The van der Waals surface area contributed by atoms with Gasteiger partial charge in [0, 0.05) is 37.8 Å². The van der Waals surface area contributed by atoms with Gasteiger partial charge in [-0.25, -0.2) is 4.39 Å². The van der Waals surface area contributed by atoms with Crippen LogP contribution in [0, 0.1) is 29.5 Å². The first kappa shape index (κ1) is 32.5. The van der Waals surface area contributed by atoms with Gasteiger partial charge in [0.2, 0.25) is 5.91 Å². The third-order valence-electron chi connectivity index (χ3n) is 7.22. The summed E-state index contributed by atoms with van der Waals surface area (Å²) in [6, 6.07) is 11.2. The van der Waals surface area contributed by atoms with Crippen molar-refractivity contribution >= 4 is 11.6 Å². The number of aliphatic hydroxyl groups is 1. The van der Waals surface area contributed by atoms with E-state index in [0.29, 0.717) is 42.7 Å². The van der Waals surface area contributed by atoms with Gasteiger partial charge in [-0.1, -0.05) is 39.8 Å². The number of rotatable bonds is 17. The predicted molar refractivity (Wildman–Crippen MR) is 154 cm³/mol. The maximum atomic E-state index is 13.6. The summed E-state index contributed by atoms with van der Waals surface area (Å²) in [5.74, 6) is 0.754. The molecule has 0 radical (unpaired) electrons. The van der Waals surface area contributed by atoms with Gasteiger partial charge in [0.15, 0.2) is 11.5 Å². The third kappa shape index (κ3) is 10.8. The smallest absolute Gasteiger partial charge is 0.227 e. The van der Waals surface area contributed by atoms with Gasteiger partial charge < -0.3 is 30.4 Å². The molecule has 0 aliphatic rings. The highest BCUT2D eigenvalue weighted by atomic mass is 19.1. The molecule has 0 saturated heterocycles. The van der Waals surface area contributed by atoms with Crippen LogP contribution in [0.3, 0.4) is 0 Å². The number of hydrogen-bond acceptors (Lipinski definition) is 6. The number of halogens is 1. The summed E-state index contributed by atoms with van der Waals surface area (Å²) < 4.78 is 30.1. The van der Waals surface area contributed by atoms with E-state index in [1.165, 1.54) is 12.1 Å². The van der Waals surface area contributed by atoms with Crippen LogP contribution in [0.4, 0.5) is 10.1 Å². The molecule has 39 heavy (non-hydrogen) atoms. The maximum absolute atomic E-state index is 13.6. The third-order valence-corrected chi connectivity index (χ3v) is 7.22. The second-order valence-electron chi connectivity index (χ2n) is 10.9. The topological polar surface area (TPSA) is 103 Å². The van der Waals surface area contributed by atoms with Crippen LogP contribution in [0.25, 0.3) is 0 Å². The Morgan fingerprint density at radius 2 is 1.74 bits per heavy atom. The summed E-state index contributed by atoms with van der Waals surface area (Å²) in [5.41, 5.74) is 8.01. The average Bonchev–Trinajstić information content (AvgIpc) is 2.88. The Balaban J connectivity index is 2.04. The first-order valence-corrected chi connectivity index (χ1v) is 13.8. The average molecular weight is 547 g/mol. The summed E-state index contributed by atoms with van der Waals surface area (Å²) in [6.07, 6.45) is 1.53. The first-order chi connectivity index (χ1) is 18.5. The number of methoxy groups -OCH3 is 2. The van der Waals surface area contributed by atoms with Gasteiger partial charge in [0.1, 0.15) is 5.82 Å². The van der Waals surface area contributed by atoms with Crippen molar-refractivity contribution in [3.63, 3.8) is 0 Å². The van der Waals surface area contributed by atoms with Crippen molar-refractivity contribution in [3.05, 3.63) is 53.8 Å². The zero-order valence-electron chi connectivity index (χ0n) is 24.3. The molecule has 2 aromatic carbocycles. The second-order valence-corrected chi connectivity index (χ2v) is 10.9. The van der Waals surface area contributed by atoms with E-state index in [2.05, 4.69) is 19.2 Å². The molecular formula is C31H47FN2O5. The molecule has 4 atom stereocenters. The number of carbonyl (C=O) groups excluding carboxylic acids is 1. The maximum Gasteiger partial charge on any atom is 0.227 e. The minimum absolute atomic E-state index is 0.0251. The lowest BCUT2D eigenvalue weighted by Gasteiger charge is -2.30. The number of amides is 1. The minimum Gasteiger partial charge on any atom is -0.493 e. The van der Waals surface area contributed by atoms with E-state index in [0.717, 1.165) is 18.4 Å². The second kappa shape index (κ2) is 16.4. The van der Waals surface area contributed by atoms with E-state index in [4.69, 9.17) is 19.9 Å². The Labute approximate surface area is 233 Å². The zero-order chi connectivity index (χ0) is 28.9. The Morgan fingerprint density at radius 1 is 1.00 bits per heavy atom. The molecule has 0 bridgehead atoms. The molecule has 4 N–H and O–H groups in total. The van der Waals surface area contributed by atoms with Crippen molar-refractivity contribution in [2.24, 2.45) is 29.4 Å². The van der Waals surface area contributed by atoms with Crippen LogP contribution in [-0.4, -0.2) is 50.6 Å². The SMILES string of the molecule is COCCCOc1cc(CC(CC(N)C(O)CC(C(=O)Nc2cccc(F)c2)C(C)C)C(C)C)ccc1OC. The number of aliphatic hydroxyl groups excluding tert-OH is 1. The van der Waals surface area contributed by atoms with Crippen molar-refractivity contribution in [1.82, 2.24) is 0 Å². The van der Waals surface area contributed by atoms with Crippen molar-refractivity contribution in [2.45, 2.75) is 65.5 Å². The largest absolute Gasteiger partial charge is 0.493 e. The summed E-state index contributed by atoms with van der Waals surface area (Å²) >= 11 is 0. The molecule has 0 saturated carbocycles. The standard InChI is InChI=1S/C31H47FN2O5/c1-20(2)23(15-22-11-12-29(38-6)30(16-22)39-14-8-13-37-5)17-27(33)28(35)19-26(21(3)4)31(36)34-25-10-7-9-24(32)18-25/h7,9-12,16,18,20-21,23,26-28,35H,8,13-15,17,19,33H2,1-6H3,(H,34,36). The highest BCUT2D eigenvalue weighted by Gasteiger charge is 2.30. The number of nitrogens with two attached hydrogens (primary N) is 1. The molecule has 2 rings (SSSR count). The van der Waals surface area contributed by atoms with Gasteiger partial charge in [-0.2, -0.15) is 0 Å². The molecule has 2 aromatic rings. The normalized spacial score (nSPS) is 14.6. The van der Waals surface area contributed by atoms with E-state index < -0.39 is 23.9 Å². The fourth-order valence-corrected chi connectivity index (χ4v) is 4.66. The lowest BCUT2D eigenvalue weighted by atomic mass is 9.81. The number of benzene rings is 2. The molecule has 4 unspecified atom stereocenters. The highest BCUT2D eigenvalue weighted by molar-refractivity contribution is 5.92. The van der Waals surface area contributed by atoms with Crippen molar-refractivity contribution in [3.8, 4) is 11.5 Å². The van der Waals surface area contributed by atoms with Gasteiger partial charge >= 0.3 is 0 Å². The Kier molecular flexibility index (Phi) is 13.7. The molecule has 1 amide bonds. The summed E-state index contributed by atoms with van der Waals surface area (Å²) in [4.78, 5) is 13.0. The molecule has 0 fully saturated rings. The van der Waals surface area contributed by atoms with Crippen LogP contribution in [-0.2, 0) is 16.0 Å². The lowest BCUT2D eigenvalue weighted by molar-refractivity contribution is -0.122. The molecule has 0 aliphatic heterocycles. The molecule has 0 spiro atoms. The molecule has 7 nitrogen and oxygen atoms in total. The Bertz CT molecular complexity index is 1020. The van der Waals surface area contributed by atoms with E-state index in [1.807, 2.05) is 32.0 Å². The molecule has 0 aromatic heterocycles. The fraction of sp³-hybridized carbons (Fsp3) is 0.581. The first-order valence-electron chi connectivity index (χ1n) is 13.8.